The van der Waals surface area contributed by atoms with Gasteiger partial charge in [-0.15, -0.1) is 0 Å². The van der Waals surface area contributed by atoms with E-state index in [1.807, 2.05) is 30.3 Å². The molecular weight excluding hydrogens is 326 g/mol. The molecule has 25 heavy (non-hydrogen) atoms. The number of H-pyrrole nitrogens is 1. The molecule has 0 aliphatic carbocycles. The van der Waals surface area contributed by atoms with E-state index in [0.29, 0.717) is 12.0 Å². The highest BCUT2D eigenvalue weighted by atomic mass is 16.5. The van der Waals surface area contributed by atoms with Crippen molar-refractivity contribution in [2.24, 2.45) is 5.11 Å². The summed E-state index contributed by atoms with van der Waals surface area (Å²) in [5, 5.41) is 13.4. The topological polar surface area (TPSA) is 133 Å². The normalized spacial score (nSPS) is 22.5. The van der Waals surface area contributed by atoms with E-state index >= 15 is 0 Å². The fourth-order valence-electron chi connectivity index (χ4n) is 2.85. The third-order valence-corrected chi connectivity index (χ3v) is 4.12. The summed E-state index contributed by atoms with van der Waals surface area (Å²) < 4.78 is 6.88. The fourth-order valence-corrected chi connectivity index (χ4v) is 2.85. The van der Waals surface area contributed by atoms with E-state index in [9.17, 15) is 14.7 Å². The quantitative estimate of drug-likeness (QED) is 0.477. The van der Waals surface area contributed by atoms with Gasteiger partial charge in [-0.05, 0) is 11.1 Å². The Morgan fingerprint density at radius 2 is 2.12 bits per heavy atom. The minimum absolute atomic E-state index is 0.0247. The van der Waals surface area contributed by atoms with E-state index in [1.54, 1.807) is 0 Å². The predicted molar refractivity (Wildman–Crippen MR) is 89.1 cm³/mol. The summed E-state index contributed by atoms with van der Waals surface area (Å²) in [6, 6.07) is 9.40. The van der Waals surface area contributed by atoms with Crippen molar-refractivity contribution in [3.8, 4) is 0 Å². The number of azide groups is 1. The smallest absolute Gasteiger partial charge is 0.330 e. The van der Waals surface area contributed by atoms with Crippen LogP contribution < -0.4 is 11.2 Å². The van der Waals surface area contributed by atoms with Crippen LogP contribution in [0.1, 0.15) is 23.8 Å². The summed E-state index contributed by atoms with van der Waals surface area (Å²) in [5.41, 5.74) is 8.67. The second kappa shape index (κ2) is 7.35. The zero-order chi connectivity index (χ0) is 17.8. The second-order valence-electron chi connectivity index (χ2n) is 5.83. The average molecular weight is 343 g/mol. The third-order valence-electron chi connectivity index (χ3n) is 4.12. The molecule has 2 heterocycles. The van der Waals surface area contributed by atoms with Crippen LogP contribution in [0.15, 0.2) is 51.2 Å². The van der Waals surface area contributed by atoms with Gasteiger partial charge < -0.3 is 9.84 Å². The van der Waals surface area contributed by atoms with E-state index in [0.717, 1.165) is 5.56 Å². The van der Waals surface area contributed by atoms with Crippen molar-refractivity contribution < 1.29 is 9.84 Å². The van der Waals surface area contributed by atoms with Crippen LogP contribution in [0.2, 0.25) is 0 Å². The highest BCUT2D eigenvalue weighted by Gasteiger charge is 2.35. The number of hydrogen-bond donors (Lipinski definition) is 2. The van der Waals surface area contributed by atoms with Crippen LogP contribution in [0.4, 0.5) is 0 Å². The van der Waals surface area contributed by atoms with Crippen LogP contribution in [-0.2, 0) is 11.2 Å². The van der Waals surface area contributed by atoms with Gasteiger partial charge >= 0.3 is 5.69 Å². The first-order valence-corrected chi connectivity index (χ1v) is 7.81. The van der Waals surface area contributed by atoms with Gasteiger partial charge in [0.2, 0.25) is 0 Å². The van der Waals surface area contributed by atoms with Gasteiger partial charge in [0, 0.05) is 29.5 Å². The number of aliphatic hydroxyl groups is 1. The maximum absolute atomic E-state index is 12.1. The first-order valence-electron chi connectivity index (χ1n) is 7.81. The van der Waals surface area contributed by atoms with E-state index in [4.69, 9.17) is 10.3 Å². The molecule has 0 unspecified atom stereocenters. The van der Waals surface area contributed by atoms with Crippen molar-refractivity contribution in [2.75, 3.05) is 6.54 Å². The van der Waals surface area contributed by atoms with Gasteiger partial charge in [-0.25, -0.2) is 4.79 Å². The fraction of sp³-hybridized carbons (Fsp3) is 0.375. The van der Waals surface area contributed by atoms with E-state index in [1.165, 1.54) is 10.8 Å². The van der Waals surface area contributed by atoms with Crippen molar-refractivity contribution in [1.29, 1.82) is 0 Å². The number of hydrogen-bond acceptors (Lipinski definition) is 5. The minimum atomic E-state index is -0.855. The molecule has 3 atom stereocenters. The molecule has 9 nitrogen and oxygen atoms in total. The molecule has 9 heteroatoms. The molecule has 130 valence electrons. The molecule has 0 saturated carbocycles. The number of ether oxygens (including phenoxy) is 1. The van der Waals surface area contributed by atoms with Gasteiger partial charge in [-0.3, -0.25) is 14.3 Å². The lowest BCUT2D eigenvalue weighted by atomic mass is 10.1. The number of rotatable bonds is 5. The second-order valence-corrected chi connectivity index (χ2v) is 5.83. The van der Waals surface area contributed by atoms with Gasteiger partial charge in [0.25, 0.3) is 5.56 Å². The summed E-state index contributed by atoms with van der Waals surface area (Å²) in [6.45, 7) is -0.0247. The SMILES string of the molecule is [N-]=[N+]=NC[C@H]1O[C@@H](n2cc(Cc3ccccc3)c(=O)[nH]c2=O)C[C@@H]1O. The molecular formula is C16H17N5O4. The van der Waals surface area contributed by atoms with E-state index in [-0.39, 0.29) is 13.0 Å². The molecule has 0 radical (unpaired) electrons. The molecule has 3 rings (SSSR count). The standard InChI is InChI=1S/C16H17N5O4/c17-20-18-8-13-12(22)7-14(25-13)21-9-11(15(23)19-16(21)24)6-10-4-2-1-3-5-10/h1-5,9,12-14,22H,6-8H2,(H,19,23,24)/t12-,13+,14+/m0/s1. The zero-order valence-corrected chi connectivity index (χ0v) is 13.3. The maximum Gasteiger partial charge on any atom is 0.330 e. The summed E-state index contributed by atoms with van der Waals surface area (Å²) in [5.74, 6) is 0. The van der Waals surface area contributed by atoms with Gasteiger partial charge in [-0.2, -0.15) is 0 Å². The minimum Gasteiger partial charge on any atom is -0.390 e. The lowest BCUT2D eigenvalue weighted by Gasteiger charge is -2.15. The third kappa shape index (κ3) is 3.80. The first kappa shape index (κ1) is 17.0. The number of nitrogens with one attached hydrogen (secondary N) is 1. The summed E-state index contributed by atoms with van der Waals surface area (Å²) in [4.78, 5) is 29.1. The Kier molecular flexibility index (Phi) is 4.99. The maximum atomic E-state index is 12.1. The number of aromatic amines is 1. The van der Waals surface area contributed by atoms with Crippen LogP contribution >= 0.6 is 0 Å². The predicted octanol–water partition coefficient (Wildman–Crippen LogP) is 1.09. The Balaban J connectivity index is 1.87. The average Bonchev–Trinajstić information content (AvgIpc) is 2.97. The first-order chi connectivity index (χ1) is 12.1. The summed E-state index contributed by atoms with van der Waals surface area (Å²) in [6.07, 6.45) is -0.269. The number of benzene rings is 1. The number of nitrogens with zero attached hydrogens (tertiary/aromatic N) is 4. The van der Waals surface area contributed by atoms with Gasteiger partial charge in [-0.1, -0.05) is 35.4 Å². The highest BCUT2D eigenvalue weighted by Crippen LogP contribution is 2.27. The summed E-state index contributed by atoms with van der Waals surface area (Å²) >= 11 is 0. The molecule has 1 aliphatic heterocycles. The van der Waals surface area contributed by atoms with Crippen molar-refractivity contribution in [1.82, 2.24) is 9.55 Å². The van der Waals surface area contributed by atoms with Crippen molar-refractivity contribution in [3.05, 3.63) is 78.9 Å². The lowest BCUT2D eigenvalue weighted by molar-refractivity contribution is -0.0151. The van der Waals surface area contributed by atoms with Crippen molar-refractivity contribution in [2.45, 2.75) is 31.3 Å². The number of aliphatic hydroxyl groups excluding tert-OH is 1. The Morgan fingerprint density at radius 1 is 1.36 bits per heavy atom. The Bertz CT molecular complexity index is 901. The van der Waals surface area contributed by atoms with Crippen LogP contribution in [0.25, 0.3) is 10.4 Å². The lowest BCUT2D eigenvalue weighted by Crippen LogP contribution is -2.34. The largest absolute Gasteiger partial charge is 0.390 e. The Labute approximate surface area is 142 Å². The van der Waals surface area contributed by atoms with Crippen molar-refractivity contribution in [3.63, 3.8) is 0 Å². The van der Waals surface area contributed by atoms with Crippen molar-refractivity contribution >= 4 is 0 Å². The highest BCUT2D eigenvalue weighted by molar-refractivity contribution is 5.22. The molecule has 1 aromatic heterocycles. The van der Waals surface area contributed by atoms with Crippen LogP contribution in [-0.4, -0.2) is 33.4 Å². The molecule has 1 aliphatic rings. The zero-order valence-electron chi connectivity index (χ0n) is 13.3. The van der Waals surface area contributed by atoms with Crippen LogP contribution in [0.5, 0.6) is 0 Å². The van der Waals surface area contributed by atoms with Gasteiger partial charge in [0.15, 0.2) is 0 Å². The van der Waals surface area contributed by atoms with Gasteiger partial charge in [0.1, 0.15) is 6.23 Å². The molecule has 1 saturated heterocycles. The van der Waals surface area contributed by atoms with Crippen LogP contribution in [0, 0.1) is 0 Å². The molecule has 0 amide bonds. The monoisotopic (exact) mass is 343 g/mol. The summed E-state index contributed by atoms with van der Waals surface area (Å²) in [7, 11) is 0. The molecule has 0 bridgehead atoms. The number of aromatic nitrogens is 2. The molecule has 1 aromatic carbocycles. The molecule has 2 aromatic rings. The molecule has 2 N–H and O–H groups in total. The van der Waals surface area contributed by atoms with E-state index < -0.39 is 29.7 Å². The van der Waals surface area contributed by atoms with Crippen LogP contribution in [0.3, 0.4) is 0 Å². The molecule has 0 spiro atoms. The Hall–Kier alpha value is -2.87. The van der Waals surface area contributed by atoms with Gasteiger partial charge in [0.05, 0.1) is 18.8 Å². The molecule has 1 fully saturated rings. The van der Waals surface area contributed by atoms with E-state index in [2.05, 4.69) is 15.0 Å². The Morgan fingerprint density at radius 3 is 2.84 bits per heavy atom.